The molecule has 0 saturated carbocycles. The van der Waals surface area contributed by atoms with Crippen molar-refractivity contribution in [3.63, 3.8) is 0 Å². The zero-order valence-electron chi connectivity index (χ0n) is 15.5. The minimum absolute atomic E-state index is 0.163. The summed E-state index contributed by atoms with van der Waals surface area (Å²) < 4.78 is 10.9. The highest BCUT2D eigenvalue weighted by Gasteiger charge is 2.27. The molecule has 2 heterocycles. The van der Waals surface area contributed by atoms with Crippen LogP contribution >= 0.6 is 22.9 Å². The Morgan fingerprint density at radius 1 is 1.31 bits per heavy atom. The largest absolute Gasteiger partial charge is 0.487 e. The highest BCUT2D eigenvalue weighted by molar-refractivity contribution is 7.11. The van der Waals surface area contributed by atoms with Crippen LogP contribution in [0.1, 0.15) is 25.6 Å². The summed E-state index contributed by atoms with van der Waals surface area (Å²) in [5, 5.41) is 3.49. The molecule has 0 bridgehead atoms. The summed E-state index contributed by atoms with van der Waals surface area (Å²) in [6.45, 7) is 0.379. The van der Waals surface area contributed by atoms with Gasteiger partial charge in [-0.25, -0.2) is 4.79 Å². The fourth-order valence-corrected chi connectivity index (χ4v) is 4.03. The molecule has 1 aromatic heterocycles. The molecular weight excluding hydrogens is 412 g/mol. The number of ether oxygens (including phenoxy) is 2. The molecular formula is C21H17ClN2O4S. The van der Waals surface area contributed by atoms with Gasteiger partial charge >= 0.3 is 5.97 Å². The van der Waals surface area contributed by atoms with Crippen molar-refractivity contribution in [2.45, 2.75) is 12.5 Å². The van der Waals surface area contributed by atoms with Gasteiger partial charge in [0.15, 0.2) is 0 Å². The van der Waals surface area contributed by atoms with Crippen LogP contribution in [0.15, 0.2) is 48.1 Å². The third-order valence-electron chi connectivity index (χ3n) is 4.63. The molecule has 0 aliphatic carbocycles. The summed E-state index contributed by atoms with van der Waals surface area (Å²) in [6.07, 6.45) is 2.00. The van der Waals surface area contributed by atoms with Crippen molar-refractivity contribution in [3.05, 3.63) is 69.1 Å². The van der Waals surface area contributed by atoms with E-state index in [4.69, 9.17) is 21.1 Å². The number of thiazole rings is 1. The maximum absolute atomic E-state index is 12.1. The lowest BCUT2D eigenvalue weighted by Gasteiger charge is -2.14. The second-order valence-electron chi connectivity index (χ2n) is 6.53. The lowest BCUT2D eigenvalue weighted by molar-refractivity contribution is 0.0600. The van der Waals surface area contributed by atoms with E-state index in [0.717, 1.165) is 22.4 Å². The van der Waals surface area contributed by atoms with E-state index < -0.39 is 0 Å². The summed E-state index contributed by atoms with van der Waals surface area (Å²) in [5.74, 6) is 0.196. The molecule has 2 aromatic carbocycles. The molecule has 0 unspecified atom stereocenters. The van der Waals surface area contributed by atoms with Gasteiger partial charge in [-0.1, -0.05) is 23.7 Å². The van der Waals surface area contributed by atoms with E-state index in [0.29, 0.717) is 28.4 Å². The minimum atomic E-state index is -0.388. The smallest absolute Gasteiger partial charge is 0.337 e. The predicted molar refractivity (Wildman–Crippen MR) is 111 cm³/mol. The number of esters is 1. The minimum Gasteiger partial charge on any atom is -0.487 e. The summed E-state index contributed by atoms with van der Waals surface area (Å²) >= 11 is 7.61. The monoisotopic (exact) mass is 428 g/mol. The number of amides is 1. The Hall–Kier alpha value is -2.90. The highest BCUT2D eigenvalue weighted by Crippen LogP contribution is 2.41. The van der Waals surface area contributed by atoms with Crippen molar-refractivity contribution in [2.24, 2.45) is 0 Å². The van der Waals surface area contributed by atoms with Crippen LogP contribution in [-0.4, -0.2) is 36.6 Å². The van der Waals surface area contributed by atoms with E-state index in [1.807, 2.05) is 24.3 Å². The first-order valence-electron chi connectivity index (χ1n) is 8.89. The molecule has 1 N–H and O–H groups in total. The van der Waals surface area contributed by atoms with Crippen LogP contribution in [0.4, 0.5) is 0 Å². The molecule has 0 fully saturated rings. The number of methoxy groups -OCH3 is 1. The van der Waals surface area contributed by atoms with Gasteiger partial charge in [-0.15, -0.1) is 11.3 Å². The Morgan fingerprint density at radius 3 is 2.79 bits per heavy atom. The average molecular weight is 429 g/mol. The van der Waals surface area contributed by atoms with E-state index in [1.165, 1.54) is 18.4 Å². The molecule has 148 valence electrons. The number of nitrogens with zero attached hydrogens (tertiary/aromatic N) is 1. The number of halogens is 1. The van der Waals surface area contributed by atoms with Crippen LogP contribution < -0.4 is 10.1 Å². The van der Waals surface area contributed by atoms with Crippen LogP contribution in [0.25, 0.3) is 11.1 Å². The fraction of sp³-hybridized carbons (Fsp3) is 0.190. The van der Waals surface area contributed by atoms with Gasteiger partial charge in [-0.2, -0.15) is 0 Å². The first-order chi connectivity index (χ1) is 14.0. The molecule has 1 atom stereocenters. The zero-order valence-corrected chi connectivity index (χ0v) is 17.0. The number of aromatic nitrogens is 1. The summed E-state index contributed by atoms with van der Waals surface area (Å²) in [7, 11) is 1.35. The standard InChI is InChI=1S/C21H17ClN2O4S/c1-27-21(26)13-4-2-12(3-5-13)17-8-15(22)6-14-7-16(28-19(14)17)9-24-20(25)18-10-23-11-29-18/h2-6,8,10-11,16H,7,9H2,1H3,(H,24,25)/t16-/m1/s1. The van der Waals surface area contributed by atoms with Gasteiger partial charge in [0.1, 0.15) is 16.7 Å². The van der Waals surface area contributed by atoms with Gasteiger partial charge < -0.3 is 14.8 Å². The van der Waals surface area contributed by atoms with Crippen LogP contribution in [0.2, 0.25) is 5.02 Å². The number of carbonyl (C=O) groups is 2. The highest BCUT2D eigenvalue weighted by atomic mass is 35.5. The van der Waals surface area contributed by atoms with Crippen LogP contribution in [0.3, 0.4) is 0 Å². The summed E-state index contributed by atoms with van der Waals surface area (Å²) in [5.41, 5.74) is 4.81. The molecule has 1 amide bonds. The van der Waals surface area contributed by atoms with E-state index in [9.17, 15) is 9.59 Å². The average Bonchev–Trinajstić information content (AvgIpc) is 3.41. The van der Waals surface area contributed by atoms with Gasteiger partial charge in [0, 0.05) is 22.6 Å². The molecule has 0 radical (unpaired) electrons. The third-order valence-corrected chi connectivity index (χ3v) is 5.62. The topological polar surface area (TPSA) is 77.5 Å². The van der Waals surface area contributed by atoms with Gasteiger partial charge in [0.25, 0.3) is 5.91 Å². The van der Waals surface area contributed by atoms with Gasteiger partial charge in [0.2, 0.25) is 0 Å². The van der Waals surface area contributed by atoms with E-state index in [-0.39, 0.29) is 18.0 Å². The number of hydrogen-bond acceptors (Lipinski definition) is 6. The molecule has 6 nitrogen and oxygen atoms in total. The molecule has 0 saturated heterocycles. The number of nitrogens with one attached hydrogen (secondary N) is 1. The predicted octanol–water partition coefficient (Wildman–Crippen LogP) is 3.98. The van der Waals surface area contributed by atoms with Crippen molar-refractivity contribution in [3.8, 4) is 16.9 Å². The van der Waals surface area contributed by atoms with Crippen molar-refractivity contribution >= 4 is 34.8 Å². The van der Waals surface area contributed by atoms with E-state index >= 15 is 0 Å². The van der Waals surface area contributed by atoms with Crippen molar-refractivity contribution in [2.75, 3.05) is 13.7 Å². The molecule has 3 aromatic rings. The molecule has 1 aliphatic heterocycles. The first kappa shape index (κ1) is 19.4. The SMILES string of the molecule is COC(=O)c1ccc(-c2cc(Cl)cc3c2O[C@@H](CNC(=O)c2cncs2)C3)cc1. The Bertz CT molecular complexity index is 1050. The lowest BCUT2D eigenvalue weighted by Crippen LogP contribution is -2.34. The van der Waals surface area contributed by atoms with Gasteiger partial charge in [-0.3, -0.25) is 9.78 Å². The summed E-state index contributed by atoms with van der Waals surface area (Å²) in [6, 6.07) is 10.8. The Morgan fingerprint density at radius 2 is 2.10 bits per heavy atom. The fourth-order valence-electron chi connectivity index (χ4n) is 3.25. The Labute approximate surface area is 176 Å². The van der Waals surface area contributed by atoms with Gasteiger partial charge in [0.05, 0.1) is 30.9 Å². The first-order valence-corrected chi connectivity index (χ1v) is 10.2. The molecule has 8 heteroatoms. The normalized spacial score (nSPS) is 14.8. The maximum atomic E-state index is 12.1. The third kappa shape index (κ3) is 4.11. The molecule has 0 spiro atoms. The van der Waals surface area contributed by atoms with Crippen molar-refractivity contribution < 1.29 is 19.1 Å². The van der Waals surface area contributed by atoms with Gasteiger partial charge in [-0.05, 0) is 29.8 Å². The molecule has 4 rings (SSSR count). The van der Waals surface area contributed by atoms with Crippen molar-refractivity contribution in [1.29, 1.82) is 0 Å². The van der Waals surface area contributed by atoms with E-state index in [2.05, 4.69) is 10.3 Å². The number of carbonyl (C=O) groups excluding carboxylic acids is 2. The number of rotatable bonds is 5. The quantitative estimate of drug-likeness (QED) is 0.622. The number of benzene rings is 2. The molecule has 29 heavy (non-hydrogen) atoms. The molecule has 1 aliphatic rings. The summed E-state index contributed by atoms with van der Waals surface area (Å²) in [4.78, 5) is 28.3. The van der Waals surface area contributed by atoms with E-state index in [1.54, 1.807) is 23.8 Å². The number of fused-ring (bicyclic) bond motifs is 1. The van der Waals surface area contributed by atoms with Crippen LogP contribution in [0.5, 0.6) is 5.75 Å². The Kier molecular flexibility index (Phi) is 5.51. The second kappa shape index (κ2) is 8.23. The second-order valence-corrected chi connectivity index (χ2v) is 7.85. The van der Waals surface area contributed by atoms with Crippen LogP contribution in [0, 0.1) is 0 Å². The van der Waals surface area contributed by atoms with Crippen molar-refractivity contribution in [1.82, 2.24) is 10.3 Å². The maximum Gasteiger partial charge on any atom is 0.337 e. The number of hydrogen-bond donors (Lipinski definition) is 1. The van der Waals surface area contributed by atoms with Crippen LogP contribution in [-0.2, 0) is 11.2 Å². The Balaban J connectivity index is 1.52. The lowest BCUT2D eigenvalue weighted by atomic mass is 9.99. The zero-order chi connectivity index (χ0) is 20.4.